The predicted molar refractivity (Wildman–Crippen MR) is 61.8 cm³/mol. The molecule has 1 saturated carbocycles. The topological polar surface area (TPSA) is 87.7 Å². The summed E-state index contributed by atoms with van der Waals surface area (Å²) in [7, 11) is 0. The van der Waals surface area contributed by atoms with E-state index in [1.807, 2.05) is 0 Å². The minimum absolute atomic E-state index is 0.331. The van der Waals surface area contributed by atoms with Gasteiger partial charge in [0.1, 0.15) is 6.04 Å². The van der Waals surface area contributed by atoms with Crippen molar-refractivity contribution < 1.29 is 19.4 Å². The van der Waals surface area contributed by atoms with Crippen LogP contribution in [0.1, 0.15) is 32.6 Å². The molecule has 2 amide bonds. The van der Waals surface area contributed by atoms with Gasteiger partial charge in [-0.3, -0.25) is 4.79 Å². The smallest absolute Gasteiger partial charge is 0.325 e. The van der Waals surface area contributed by atoms with Crippen molar-refractivity contribution in [2.75, 3.05) is 13.2 Å². The number of hydrogen-bond acceptors (Lipinski definition) is 3. The summed E-state index contributed by atoms with van der Waals surface area (Å²) in [6, 6.07) is -1.36. The van der Waals surface area contributed by atoms with E-state index in [-0.39, 0.29) is 0 Å². The molecule has 6 nitrogen and oxygen atoms in total. The third-order valence-corrected chi connectivity index (χ3v) is 2.76. The van der Waals surface area contributed by atoms with Crippen LogP contribution in [0.4, 0.5) is 4.79 Å². The molecule has 1 unspecified atom stereocenters. The van der Waals surface area contributed by atoms with E-state index in [0.29, 0.717) is 19.3 Å². The molecule has 6 heteroatoms. The van der Waals surface area contributed by atoms with Crippen molar-refractivity contribution in [1.82, 2.24) is 10.6 Å². The molecule has 0 spiro atoms. The van der Waals surface area contributed by atoms with Crippen LogP contribution in [-0.4, -0.2) is 42.4 Å². The lowest BCUT2D eigenvalue weighted by Gasteiger charge is -2.13. The summed E-state index contributed by atoms with van der Waals surface area (Å²) in [4.78, 5) is 21.7. The lowest BCUT2D eigenvalue weighted by molar-refractivity contribution is -0.138. The van der Waals surface area contributed by atoms with Crippen LogP contribution in [0.2, 0.25) is 0 Å². The molecule has 0 aromatic rings. The van der Waals surface area contributed by atoms with Crippen molar-refractivity contribution in [2.45, 2.75) is 44.8 Å². The van der Waals surface area contributed by atoms with Gasteiger partial charge >= 0.3 is 12.0 Å². The Morgan fingerprint density at radius 2 is 2.06 bits per heavy atom. The number of amides is 2. The largest absolute Gasteiger partial charge is 0.480 e. The zero-order chi connectivity index (χ0) is 12.7. The molecule has 0 saturated heterocycles. The van der Waals surface area contributed by atoms with Crippen LogP contribution in [0.15, 0.2) is 0 Å². The first-order valence-electron chi connectivity index (χ1n) is 5.98. The highest BCUT2D eigenvalue weighted by Crippen LogP contribution is 2.20. The highest BCUT2D eigenvalue weighted by atomic mass is 16.5. The Balaban J connectivity index is 2.01. The zero-order valence-corrected chi connectivity index (χ0v) is 10.1. The van der Waals surface area contributed by atoms with Crippen molar-refractivity contribution in [2.24, 2.45) is 0 Å². The summed E-state index contributed by atoms with van der Waals surface area (Å²) < 4.78 is 5.55. The van der Waals surface area contributed by atoms with Gasteiger partial charge in [0.15, 0.2) is 0 Å². The van der Waals surface area contributed by atoms with Gasteiger partial charge in [-0.15, -0.1) is 0 Å². The van der Waals surface area contributed by atoms with E-state index in [1.54, 1.807) is 0 Å². The van der Waals surface area contributed by atoms with Gasteiger partial charge in [-0.05, 0) is 19.8 Å². The number of hydrogen-bond donors (Lipinski definition) is 3. The quantitative estimate of drug-likeness (QED) is 0.601. The summed E-state index contributed by atoms with van der Waals surface area (Å²) in [5.41, 5.74) is 0. The van der Waals surface area contributed by atoms with Gasteiger partial charge in [0.2, 0.25) is 0 Å². The first-order valence-corrected chi connectivity index (χ1v) is 5.98. The molecule has 0 radical (unpaired) electrons. The summed E-state index contributed by atoms with van der Waals surface area (Å²) in [6.45, 7) is 2.28. The fourth-order valence-corrected chi connectivity index (χ4v) is 1.75. The second-order valence-electron chi connectivity index (χ2n) is 4.24. The molecular weight excluding hydrogens is 224 g/mol. The summed E-state index contributed by atoms with van der Waals surface area (Å²) in [6.07, 6.45) is 4.96. The minimum atomic E-state index is -1.05. The van der Waals surface area contributed by atoms with E-state index in [0.717, 1.165) is 12.8 Å². The summed E-state index contributed by atoms with van der Waals surface area (Å²) in [5, 5.41) is 13.4. The number of carbonyl (C=O) groups excluding carboxylic acids is 1. The number of carbonyl (C=O) groups is 2. The van der Waals surface area contributed by atoms with E-state index in [1.165, 1.54) is 19.8 Å². The highest BCUT2D eigenvalue weighted by molar-refractivity contribution is 5.82. The second-order valence-corrected chi connectivity index (χ2v) is 4.24. The number of carboxylic acids is 1. The third-order valence-electron chi connectivity index (χ3n) is 2.76. The number of rotatable bonds is 6. The van der Waals surface area contributed by atoms with Crippen LogP contribution < -0.4 is 10.6 Å². The average Bonchev–Trinajstić information content (AvgIpc) is 2.77. The van der Waals surface area contributed by atoms with Crippen LogP contribution in [0.3, 0.4) is 0 Å². The standard InChI is InChI=1S/C11H20N2O4/c1-8(10(14)15)13-11(16)12-6-7-17-9-4-2-3-5-9/h8-9H,2-7H2,1H3,(H,14,15)(H2,12,13,16). The van der Waals surface area contributed by atoms with E-state index >= 15 is 0 Å². The molecule has 0 aromatic carbocycles. The Hall–Kier alpha value is -1.30. The SMILES string of the molecule is CC(NC(=O)NCCOC1CCCC1)C(=O)O. The van der Waals surface area contributed by atoms with Crippen LogP contribution >= 0.6 is 0 Å². The second kappa shape index (κ2) is 7.11. The lowest BCUT2D eigenvalue weighted by Crippen LogP contribution is -2.45. The molecule has 1 atom stereocenters. The van der Waals surface area contributed by atoms with Gasteiger partial charge < -0.3 is 20.5 Å². The van der Waals surface area contributed by atoms with Crippen LogP contribution in [0, 0.1) is 0 Å². The monoisotopic (exact) mass is 244 g/mol. The first-order chi connectivity index (χ1) is 8.09. The molecule has 3 N–H and O–H groups in total. The number of urea groups is 1. The van der Waals surface area contributed by atoms with Crippen molar-refractivity contribution in [3.63, 3.8) is 0 Å². The van der Waals surface area contributed by atoms with E-state index in [2.05, 4.69) is 10.6 Å². The Labute approximate surface area is 101 Å². The molecule has 0 heterocycles. The molecular formula is C11H20N2O4. The van der Waals surface area contributed by atoms with Crippen LogP contribution in [-0.2, 0) is 9.53 Å². The average molecular weight is 244 g/mol. The number of carboxylic acid groups (broad SMARTS) is 1. The lowest BCUT2D eigenvalue weighted by atomic mass is 10.3. The minimum Gasteiger partial charge on any atom is -0.480 e. The molecule has 0 aromatic heterocycles. The van der Waals surface area contributed by atoms with Gasteiger partial charge in [0.25, 0.3) is 0 Å². The molecule has 98 valence electrons. The van der Waals surface area contributed by atoms with E-state index in [9.17, 15) is 9.59 Å². The summed E-state index contributed by atoms with van der Waals surface area (Å²) in [5.74, 6) is -1.05. The van der Waals surface area contributed by atoms with Gasteiger partial charge in [0.05, 0.1) is 12.7 Å². The molecule has 1 rings (SSSR count). The Morgan fingerprint density at radius 1 is 1.41 bits per heavy atom. The number of aliphatic carboxylic acids is 1. The molecule has 17 heavy (non-hydrogen) atoms. The summed E-state index contributed by atoms with van der Waals surface area (Å²) >= 11 is 0. The van der Waals surface area contributed by atoms with Crippen molar-refractivity contribution >= 4 is 12.0 Å². The fraction of sp³-hybridized carbons (Fsp3) is 0.818. The van der Waals surface area contributed by atoms with Crippen LogP contribution in [0.5, 0.6) is 0 Å². The Kier molecular flexibility index (Phi) is 5.76. The number of nitrogens with one attached hydrogen (secondary N) is 2. The van der Waals surface area contributed by atoms with Gasteiger partial charge in [-0.1, -0.05) is 12.8 Å². The molecule has 1 aliphatic rings. The van der Waals surface area contributed by atoms with Gasteiger partial charge in [-0.2, -0.15) is 0 Å². The van der Waals surface area contributed by atoms with Crippen molar-refractivity contribution in [3.8, 4) is 0 Å². The third kappa shape index (κ3) is 5.53. The fourth-order valence-electron chi connectivity index (χ4n) is 1.75. The Bertz CT molecular complexity index is 264. The van der Waals surface area contributed by atoms with Crippen molar-refractivity contribution in [3.05, 3.63) is 0 Å². The van der Waals surface area contributed by atoms with E-state index < -0.39 is 18.0 Å². The van der Waals surface area contributed by atoms with Gasteiger partial charge in [-0.25, -0.2) is 4.79 Å². The van der Waals surface area contributed by atoms with Crippen molar-refractivity contribution in [1.29, 1.82) is 0 Å². The van der Waals surface area contributed by atoms with Gasteiger partial charge in [0, 0.05) is 6.54 Å². The zero-order valence-electron chi connectivity index (χ0n) is 10.1. The predicted octanol–water partition coefficient (Wildman–Crippen LogP) is 0.718. The maximum atomic E-state index is 11.2. The first kappa shape index (κ1) is 13.8. The molecule has 0 aliphatic heterocycles. The normalized spacial score (nSPS) is 17.7. The Morgan fingerprint density at radius 3 is 2.65 bits per heavy atom. The molecule has 0 bridgehead atoms. The molecule has 1 aliphatic carbocycles. The highest BCUT2D eigenvalue weighted by Gasteiger charge is 2.15. The maximum absolute atomic E-state index is 11.2. The molecule has 1 fully saturated rings. The van der Waals surface area contributed by atoms with Crippen LogP contribution in [0.25, 0.3) is 0 Å². The maximum Gasteiger partial charge on any atom is 0.325 e. The van der Waals surface area contributed by atoms with E-state index in [4.69, 9.17) is 9.84 Å². The number of ether oxygens (including phenoxy) is 1.